The van der Waals surface area contributed by atoms with Gasteiger partial charge < -0.3 is 15.5 Å². The molecule has 0 heterocycles. The van der Waals surface area contributed by atoms with E-state index in [4.69, 9.17) is 0 Å². The van der Waals surface area contributed by atoms with Crippen LogP contribution in [0.1, 0.15) is 33.6 Å². The van der Waals surface area contributed by atoms with Crippen LogP contribution in [0.4, 0.5) is 4.79 Å². The average Bonchev–Trinajstić information content (AvgIpc) is 2.10. The normalized spacial score (nSPS) is 13.0. The molecule has 0 rings (SSSR count). The number of urea groups is 1. The molecule has 0 aliphatic carbocycles. The molecule has 0 aliphatic heterocycles. The van der Waals surface area contributed by atoms with Crippen LogP contribution in [-0.2, 0) is 0 Å². The van der Waals surface area contributed by atoms with Crippen molar-refractivity contribution in [2.75, 3.05) is 20.6 Å². The second-order valence-electron chi connectivity index (χ2n) is 4.47. The summed E-state index contributed by atoms with van der Waals surface area (Å²) in [5.41, 5.74) is 0. The van der Waals surface area contributed by atoms with Gasteiger partial charge in [0.25, 0.3) is 0 Å². The van der Waals surface area contributed by atoms with E-state index in [1.165, 1.54) is 0 Å². The summed E-state index contributed by atoms with van der Waals surface area (Å²) < 4.78 is 0. The van der Waals surface area contributed by atoms with Crippen molar-refractivity contribution in [1.82, 2.24) is 15.5 Å². The average molecular weight is 215 g/mol. The van der Waals surface area contributed by atoms with E-state index >= 15 is 0 Å². The van der Waals surface area contributed by atoms with Gasteiger partial charge in [0, 0.05) is 12.1 Å². The van der Waals surface area contributed by atoms with Crippen LogP contribution in [0.5, 0.6) is 0 Å². The molecule has 0 aromatic carbocycles. The predicted molar refractivity (Wildman–Crippen MR) is 64.1 cm³/mol. The first-order valence-corrected chi connectivity index (χ1v) is 5.67. The number of nitrogens with zero attached hydrogens (tertiary/aromatic N) is 1. The third-order valence-electron chi connectivity index (χ3n) is 2.17. The monoisotopic (exact) mass is 215 g/mol. The van der Waals surface area contributed by atoms with Crippen molar-refractivity contribution in [2.24, 2.45) is 0 Å². The van der Waals surface area contributed by atoms with Gasteiger partial charge in [0.1, 0.15) is 0 Å². The summed E-state index contributed by atoms with van der Waals surface area (Å²) in [7, 11) is 4.09. The molecule has 0 bridgehead atoms. The first-order valence-electron chi connectivity index (χ1n) is 5.67. The zero-order chi connectivity index (χ0) is 11.8. The van der Waals surface area contributed by atoms with Crippen LogP contribution in [0, 0.1) is 0 Å². The maximum atomic E-state index is 11.4. The number of nitrogens with one attached hydrogen (secondary N) is 2. The topological polar surface area (TPSA) is 44.4 Å². The minimum absolute atomic E-state index is 0.0596. The van der Waals surface area contributed by atoms with Gasteiger partial charge in [-0.3, -0.25) is 0 Å². The molecule has 0 saturated heterocycles. The lowest BCUT2D eigenvalue weighted by molar-refractivity contribution is 0.232. The van der Waals surface area contributed by atoms with Crippen molar-refractivity contribution in [3.05, 3.63) is 0 Å². The quantitative estimate of drug-likeness (QED) is 0.704. The summed E-state index contributed by atoms with van der Waals surface area (Å²) in [5.74, 6) is 0. The maximum Gasteiger partial charge on any atom is 0.315 e. The molecule has 0 aromatic heterocycles. The maximum absolute atomic E-state index is 11.4. The van der Waals surface area contributed by atoms with Gasteiger partial charge in [0.15, 0.2) is 0 Å². The molecule has 0 aromatic rings. The molecule has 0 saturated carbocycles. The Bertz CT molecular complexity index is 181. The van der Waals surface area contributed by atoms with Crippen molar-refractivity contribution in [3.63, 3.8) is 0 Å². The molecule has 4 heteroatoms. The highest BCUT2D eigenvalue weighted by molar-refractivity contribution is 5.74. The van der Waals surface area contributed by atoms with Gasteiger partial charge >= 0.3 is 6.03 Å². The highest BCUT2D eigenvalue weighted by atomic mass is 16.2. The van der Waals surface area contributed by atoms with Crippen molar-refractivity contribution < 1.29 is 4.79 Å². The standard InChI is InChI=1S/C11H25N3O/c1-6-10(7-8-14(4)5)13-11(15)12-9(2)3/h9-10H,6-8H2,1-5H3,(H2,12,13,15). The van der Waals surface area contributed by atoms with Crippen molar-refractivity contribution >= 4 is 6.03 Å². The van der Waals surface area contributed by atoms with E-state index in [1.54, 1.807) is 0 Å². The lowest BCUT2D eigenvalue weighted by Crippen LogP contribution is -2.45. The third-order valence-corrected chi connectivity index (χ3v) is 2.17. The Kier molecular flexibility index (Phi) is 7.13. The lowest BCUT2D eigenvalue weighted by Gasteiger charge is -2.20. The molecule has 4 nitrogen and oxygen atoms in total. The van der Waals surface area contributed by atoms with E-state index in [0.29, 0.717) is 0 Å². The van der Waals surface area contributed by atoms with Gasteiger partial charge in [0.05, 0.1) is 0 Å². The largest absolute Gasteiger partial charge is 0.336 e. The van der Waals surface area contributed by atoms with Crippen LogP contribution in [0.25, 0.3) is 0 Å². The zero-order valence-corrected chi connectivity index (χ0v) is 10.6. The Hall–Kier alpha value is -0.770. The fourth-order valence-corrected chi connectivity index (χ4v) is 1.28. The molecule has 0 aliphatic rings. The Labute approximate surface area is 93.4 Å². The first kappa shape index (κ1) is 14.2. The van der Waals surface area contributed by atoms with E-state index in [0.717, 1.165) is 19.4 Å². The number of amides is 2. The van der Waals surface area contributed by atoms with Gasteiger partial charge in [-0.1, -0.05) is 6.92 Å². The van der Waals surface area contributed by atoms with Crippen LogP contribution in [0.15, 0.2) is 0 Å². The number of carbonyl (C=O) groups excluding carboxylic acids is 1. The number of rotatable bonds is 6. The van der Waals surface area contributed by atoms with Gasteiger partial charge in [-0.05, 0) is 47.3 Å². The van der Waals surface area contributed by atoms with Crippen LogP contribution < -0.4 is 10.6 Å². The third kappa shape index (κ3) is 8.24. The molecular weight excluding hydrogens is 190 g/mol. The second kappa shape index (κ2) is 7.51. The fourth-order valence-electron chi connectivity index (χ4n) is 1.28. The smallest absolute Gasteiger partial charge is 0.315 e. The van der Waals surface area contributed by atoms with Gasteiger partial charge in [0.2, 0.25) is 0 Å². The van der Waals surface area contributed by atoms with Crippen LogP contribution in [0.3, 0.4) is 0 Å². The van der Waals surface area contributed by atoms with Gasteiger partial charge in [-0.15, -0.1) is 0 Å². The molecule has 0 fully saturated rings. The van der Waals surface area contributed by atoms with Crippen molar-refractivity contribution in [1.29, 1.82) is 0 Å². The van der Waals surface area contributed by atoms with Crippen LogP contribution >= 0.6 is 0 Å². The van der Waals surface area contributed by atoms with Crippen molar-refractivity contribution in [2.45, 2.75) is 45.7 Å². The first-order chi connectivity index (χ1) is 6.95. The van der Waals surface area contributed by atoms with Crippen molar-refractivity contribution in [3.8, 4) is 0 Å². The van der Waals surface area contributed by atoms with E-state index in [-0.39, 0.29) is 18.1 Å². The Morgan fingerprint density at radius 2 is 1.87 bits per heavy atom. The Morgan fingerprint density at radius 1 is 1.27 bits per heavy atom. The number of carbonyl (C=O) groups is 1. The summed E-state index contributed by atoms with van der Waals surface area (Å²) in [6.07, 6.45) is 1.97. The highest BCUT2D eigenvalue weighted by Crippen LogP contribution is 1.98. The Balaban J connectivity index is 3.82. The van der Waals surface area contributed by atoms with Gasteiger partial charge in [-0.2, -0.15) is 0 Å². The lowest BCUT2D eigenvalue weighted by atomic mass is 10.1. The van der Waals surface area contributed by atoms with E-state index < -0.39 is 0 Å². The van der Waals surface area contributed by atoms with Crippen LogP contribution in [-0.4, -0.2) is 43.7 Å². The summed E-state index contributed by atoms with van der Waals surface area (Å²) in [6.45, 7) is 7.01. The minimum atomic E-state index is -0.0596. The fraction of sp³-hybridized carbons (Fsp3) is 0.909. The van der Waals surface area contributed by atoms with E-state index in [2.05, 4.69) is 22.5 Å². The second-order valence-corrected chi connectivity index (χ2v) is 4.47. The molecule has 0 radical (unpaired) electrons. The zero-order valence-electron chi connectivity index (χ0n) is 10.6. The molecule has 2 amide bonds. The molecular formula is C11H25N3O. The number of hydrogen-bond donors (Lipinski definition) is 2. The van der Waals surface area contributed by atoms with Gasteiger partial charge in [-0.25, -0.2) is 4.79 Å². The summed E-state index contributed by atoms with van der Waals surface area (Å²) in [6, 6.07) is 0.401. The molecule has 0 spiro atoms. The highest BCUT2D eigenvalue weighted by Gasteiger charge is 2.10. The molecule has 2 N–H and O–H groups in total. The summed E-state index contributed by atoms with van der Waals surface area (Å²) >= 11 is 0. The van der Waals surface area contributed by atoms with Crippen LogP contribution in [0.2, 0.25) is 0 Å². The molecule has 90 valence electrons. The Morgan fingerprint density at radius 3 is 2.27 bits per heavy atom. The molecule has 1 atom stereocenters. The minimum Gasteiger partial charge on any atom is -0.336 e. The predicted octanol–water partition coefficient (Wildman–Crippen LogP) is 1.42. The molecule has 1 unspecified atom stereocenters. The van der Waals surface area contributed by atoms with E-state index in [1.807, 2.05) is 27.9 Å². The van der Waals surface area contributed by atoms with E-state index in [9.17, 15) is 4.79 Å². The summed E-state index contributed by atoms with van der Waals surface area (Å²) in [5, 5.41) is 5.81. The number of hydrogen-bond acceptors (Lipinski definition) is 2. The SMILES string of the molecule is CCC(CCN(C)C)NC(=O)NC(C)C. The summed E-state index contributed by atoms with van der Waals surface area (Å²) in [4.78, 5) is 13.6. The molecule has 15 heavy (non-hydrogen) atoms.